The predicted molar refractivity (Wildman–Crippen MR) is 107 cm³/mol. The lowest BCUT2D eigenvalue weighted by atomic mass is 10.1. The number of carbonyl (C=O) groups is 1. The molecule has 0 aliphatic rings. The molecule has 0 heterocycles. The third-order valence-electron chi connectivity index (χ3n) is 4.59. The Balaban J connectivity index is 3.26. The van der Waals surface area contributed by atoms with Crippen molar-refractivity contribution in [2.75, 3.05) is 34.3 Å². The van der Waals surface area contributed by atoms with Gasteiger partial charge in [0.05, 0.1) is 0 Å². The Morgan fingerprint density at radius 1 is 0.917 bits per heavy atom. The van der Waals surface area contributed by atoms with Gasteiger partial charge in [0.25, 0.3) is 0 Å². The van der Waals surface area contributed by atoms with Crippen LogP contribution >= 0.6 is 0 Å². The van der Waals surface area contributed by atoms with Crippen molar-refractivity contribution in [1.82, 2.24) is 10.2 Å². The monoisotopic (exact) mass is 358 g/mol. The molecule has 0 spiro atoms. The van der Waals surface area contributed by atoms with E-state index in [2.05, 4.69) is 37.4 Å². The highest BCUT2D eigenvalue weighted by Crippen LogP contribution is 2.16. The number of hydrogen-bond donors (Lipinski definition) is 1. The molecule has 0 saturated carbocycles. The highest BCUT2D eigenvalue weighted by atomic mass is 28.4. The fourth-order valence-corrected chi connectivity index (χ4v) is 4.02. The van der Waals surface area contributed by atoms with E-state index in [-0.39, 0.29) is 5.91 Å². The van der Waals surface area contributed by atoms with Crippen molar-refractivity contribution in [1.29, 1.82) is 0 Å². The molecule has 0 aliphatic heterocycles. The van der Waals surface area contributed by atoms with Gasteiger partial charge in [-0.25, -0.2) is 0 Å². The Hall–Kier alpha value is -0.393. The van der Waals surface area contributed by atoms with E-state index in [1.807, 2.05) is 7.11 Å². The highest BCUT2D eigenvalue weighted by Gasteiger charge is 2.18. The van der Waals surface area contributed by atoms with Gasteiger partial charge in [-0.2, -0.15) is 0 Å². The first-order valence-electron chi connectivity index (χ1n) is 9.84. The summed E-state index contributed by atoms with van der Waals surface area (Å²) in [6.45, 7) is 6.43. The number of carbonyl (C=O) groups excluding carboxylic acids is 1. The molecule has 0 bridgehead atoms. The van der Waals surface area contributed by atoms with Gasteiger partial charge >= 0.3 is 0 Å². The van der Waals surface area contributed by atoms with Crippen LogP contribution in [-0.4, -0.2) is 53.4 Å². The Bertz CT molecular complexity index is 310. The van der Waals surface area contributed by atoms with Gasteiger partial charge in [-0.05, 0) is 52.6 Å². The molecule has 5 heteroatoms. The minimum atomic E-state index is -1.33. The summed E-state index contributed by atoms with van der Waals surface area (Å²) in [6.07, 6.45) is 11.9. The topological polar surface area (TPSA) is 41.6 Å². The van der Waals surface area contributed by atoms with E-state index in [0.29, 0.717) is 6.42 Å². The van der Waals surface area contributed by atoms with Gasteiger partial charge in [0.15, 0.2) is 8.32 Å². The van der Waals surface area contributed by atoms with Crippen LogP contribution in [0.2, 0.25) is 19.1 Å². The average Bonchev–Trinajstić information content (AvgIpc) is 2.53. The number of hydrogen-bond acceptors (Lipinski definition) is 3. The second-order valence-electron chi connectivity index (χ2n) is 7.80. The van der Waals surface area contributed by atoms with E-state index in [1.54, 1.807) is 0 Å². The number of unbranched alkanes of at least 4 members (excludes halogenated alkanes) is 7. The molecule has 144 valence electrons. The fourth-order valence-electron chi connectivity index (χ4n) is 2.71. The number of nitrogens with one attached hydrogen (secondary N) is 1. The van der Waals surface area contributed by atoms with Crippen molar-refractivity contribution in [2.45, 2.75) is 83.3 Å². The Morgan fingerprint density at radius 2 is 1.46 bits per heavy atom. The predicted octanol–water partition coefficient (Wildman–Crippen LogP) is 4.42. The van der Waals surface area contributed by atoms with Crippen molar-refractivity contribution in [3.8, 4) is 0 Å². The van der Waals surface area contributed by atoms with E-state index in [1.165, 1.54) is 51.0 Å². The minimum absolute atomic E-state index is 0.221. The molecule has 0 rings (SSSR count). The summed E-state index contributed by atoms with van der Waals surface area (Å²) in [5.41, 5.74) is 0. The smallest absolute Gasteiger partial charge is 0.219 e. The lowest BCUT2D eigenvalue weighted by Crippen LogP contribution is -2.27. The lowest BCUT2D eigenvalue weighted by molar-refractivity contribution is -0.121. The lowest BCUT2D eigenvalue weighted by Gasteiger charge is -2.19. The molecular formula is C19H42N2O2Si. The summed E-state index contributed by atoms with van der Waals surface area (Å²) in [7, 11) is 4.64. The first-order chi connectivity index (χ1) is 11.4. The van der Waals surface area contributed by atoms with Crippen molar-refractivity contribution in [3.05, 3.63) is 0 Å². The van der Waals surface area contributed by atoms with Crippen LogP contribution in [0.15, 0.2) is 0 Å². The SMILES string of the molecule is CO[Si](C)(C)CCCCCCCCCCC(=O)NCCCN(C)C. The zero-order valence-corrected chi connectivity index (χ0v) is 18.0. The van der Waals surface area contributed by atoms with E-state index < -0.39 is 8.32 Å². The van der Waals surface area contributed by atoms with Crippen molar-refractivity contribution in [2.24, 2.45) is 0 Å². The van der Waals surface area contributed by atoms with Gasteiger partial charge < -0.3 is 14.6 Å². The standard InChI is InChI=1S/C19H42N2O2Si/c1-21(2)17-14-16-20-19(22)15-12-10-8-6-7-9-11-13-18-24(4,5)23-3/h6-18H2,1-5H3,(H,20,22). The quantitative estimate of drug-likeness (QED) is 0.328. The van der Waals surface area contributed by atoms with Crippen LogP contribution in [0.25, 0.3) is 0 Å². The molecule has 0 unspecified atom stereocenters. The third kappa shape index (κ3) is 16.5. The maximum absolute atomic E-state index is 11.7. The molecule has 0 fully saturated rings. The average molecular weight is 359 g/mol. The molecular weight excluding hydrogens is 316 g/mol. The molecule has 24 heavy (non-hydrogen) atoms. The van der Waals surface area contributed by atoms with Gasteiger partial charge in [-0.15, -0.1) is 0 Å². The summed E-state index contributed by atoms with van der Waals surface area (Å²) in [6, 6.07) is 1.28. The highest BCUT2D eigenvalue weighted by molar-refractivity contribution is 6.71. The summed E-state index contributed by atoms with van der Waals surface area (Å²) in [5, 5.41) is 3.01. The zero-order valence-electron chi connectivity index (χ0n) is 17.0. The van der Waals surface area contributed by atoms with Crippen LogP contribution in [0.3, 0.4) is 0 Å². The van der Waals surface area contributed by atoms with Crippen LogP contribution in [0.4, 0.5) is 0 Å². The molecule has 1 amide bonds. The maximum atomic E-state index is 11.7. The van der Waals surface area contributed by atoms with Crippen LogP contribution in [0.5, 0.6) is 0 Å². The molecule has 0 aromatic heterocycles. The normalized spacial score (nSPS) is 11.9. The Kier molecular flexibility index (Phi) is 14.7. The van der Waals surface area contributed by atoms with Crippen molar-refractivity contribution < 1.29 is 9.22 Å². The summed E-state index contributed by atoms with van der Waals surface area (Å²) >= 11 is 0. The zero-order chi connectivity index (χ0) is 18.3. The van der Waals surface area contributed by atoms with Gasteiger partial charge in [-0.3, -0.25) is 4.79 Å². The van der Waals surface area contributed by atoms with E-state index in [0.717, 1.165) is 25.9 Å². The van der Waals surface area contributed by atoms with Gasteiger partial charge in [0.1, 0.15) is 0 Å². The molecule has 0 saturated heterocycles. The fraction of sp³-hybridized carbons (Fsp3) is 0.947. The molecule has 0 aromatic rings. The molecule has 0 aliphatic carbocycles. The van der Waals surface area contributed by atoms with E-state index in [9.17, 15) is 4.79 Å². The summed E-state index contributed by atoms with van der Waals surface area (Å²) in [4.78, 5) is 13.8. The van der Waals surface area contributed by atoms with Crippen LogP contribution in [0, 0.1) is 0 Å². The summed E-state index contributed by atoms with van der Waals surface area (Å²) < 4.78 is 5.57. The third-order valence-corrected chi connectivity index (χ3v) is 7.25. The van der Waals surface area contributed by atoms with E-state index in [4.69, 9.17) is 4.43 Å². The Morgan fingerprint density at radius 3 is 2.00 bits per heavy atom. The van der Waals surface area contributed by atoms with Gasteiger partial charge in [0.2, 0.25) is 5.91 Å². The van der Waals surface area contributed by atoms with Crippen LogP contribution < -0.4 is 5.32 Å². The van der Waals surface area contributed by atoms with Crippen molar-refractivity contribution in [3.63, 3.8) is 0 Å². The van der Waals surface area contributed by atoms with Crippen molar-refractivity contribution >= 4 is 14.2 Å². The number of rotatable bonds is 16. The van der Waals surface area contributed by atoms with E-state index >= 15 is 0 Å². The van der Waals surface area contributed by atoms with Crippen LogP contribution in [0.1, 0.15) is 64.2 Å². The van der Waals surface area contributed by atoms with Gasteiger partial charge in [0, 0.05) is 20.1 Å². The number of amides is 1. The van der Waals surface area contributed by atoms with Crippen LogP contribution in [-0.2, 0) is 9.22 Å². The first-order valence-corrected chi connectivity index (χ1v) is 13.0. The molecule has 0 aromatic carbocycles. The molecule has 0 radical (unpaired) electrons. The molecule has 1 N–H and O–H groups in total. The van der Waals surface area contributed by atoms with Gasteiger partial charge in [-0.1, -0.05) is 44.9 Å². The first kappa shape index (κ1) is 23.6. The maximum Gasteiger partial charge on any atom is 0.219 e. The minimum Gasteiger partial charge on any atom is -0.420 e. The second kappa shape index (κ2) is 14.9. The second-order valence-corrected chi connectivity index (χ2v) is 12.2. The number of nitrogens with zero attached hydrogens (tertiary/aromatic N) is 1. The largest absolute Gasteiger partial charge is 0.420 e. The summed E-state index contributed by atoms with van der Waals surface area (Å²) in [5.74, 6) is 0.221. The molecule has 4 nitrogen and oxygen atoms in total. The Labute approximate surface area is 151 Å². The molecule has 0 atom stereocenters.